The number of carboxylic acids is 1. The van der Waals surface area contributed by atoms with Crippen LogP contribution in [0.25, 0.3) is 0 Å². The van der Waals surface area contributed by atoms with Crippen LogP contribution in [0.3, 0.4) is 0 Å². The minimum absolute atomic E-state index is 0.112. The van der Waals surface area contributed by atoms with Crippen molar-refractivity contribution in [1.82, 2.24) is 4.90 Å². The quantitative estimate of drug-likeness (QED) is 0.905. The molecule has 1 N–H and O–H groups in total. The van der Waals surface area contributed by atoms with E-state index in [1.807, 2.05) is 17.0 Å². The Morgan fingerprint density at radius 2 is 2.21 bits per heavy atom. The number of fused-ring (bicyclic) bond motifs is 1. The molecule has 1 saturated heterocycles. The number of carbonyl (C=O) groups excluding carboxylic acids is 1. The molecule has 0 bridgehead atoms. The second-order valence-corrected chi connectivity index (χ2v) is 7.13. The van der Waals surface area contributed by atoms with Crippen molar-refractivity contribution in [2.45, 2.75) is 32.1 Å². The number of hydrogen-bond acceptors (Lipinski definition) is 3. The molecule has 2 aliphatic heterocycles. The lowest BCUT2D eigenvalue weighted by molar-refractivity contribution is -0.139. The van der Waals surface area contributed by atoms with Gasteiger partial charge in [0, 0.05) is 24.5 Å². The van der Waals surface area contributed by atoms with Crippen molar-refractivity contribution in [3.8, 4) is 5.75 Å². The number of rotatable bonds is 4. The maximum absolute atomic E-state index is 12.8. The predicted octanol–water partition coefficient (Wildman–Crippen LogP) is 2.99. The first-order valence-corrected chi connectivity index (χ1v) is 8.82. The van der Waals surface area contributed by atoms with E-state index in [1.165, 1.54) is 0 Å². The number of nitrogens with zero attached hydrogens (tertiary/aromatic N) is 1. The van der Waals surface area contributed by atoms with Gasteiger partial charge in [-0.1, -0.05) is 11.6 Å². The maximum Gasteiger partial charge on any atom is 0.303 e. The van der Waals surface area contributed by atoms with Crippen LogP contribution in [0.4, 0.5) is 0 Å². The SMILES string of the molecule is O=C(O)CCC1CCCN(C(=O)C2COc3ccc(Cl)cc3C2)C1. The second kappa shape index (κ2) is 7.43. The van der Waals surface area contributed by atoms with Crippen LogP contribution in [-0.2, 0) is 16.0 Å². The van der Waals surface area contributed by atoms with Crippen LogP contribution in [0.15, 0.2) is 18.2 Å². The molecule has 0 spiro atoms. The summed E-state index contributed by atoms with van der Waals surface area (Å²) >= 11 is 6.03. The average Bonchev–Trinajstić information content (AvgIpc) is 2.59. The Morgan fingerprint density at radius 1 is 1.38 bits per heavy atom. The highest BCUT2D eigenvalue weighted by Crippen LogP contribution is 2.31. The summed E-state index contributed by atoms with van der Waals surface area (Å²) in [4.78, 5) is 25.5. The van der Waals surface area contributed by atoms with Gasteiger partial charge in [-0.3, -0.25) is 9.59 Å². The van der Waals surface area contributed by atoms with Gasteiger partial charge < -0.3 is 14.7 Å². The van der Waals surface area contributed by atoms with Crippen molar-refractivity contribution in [2.24, 2.45) is 11.8 Å². The molecule has 2 atom stereocenters. The zero-order chi connectivity index (χ0) is 17.1. The van der Waals surface area contributed by atoms with E-state index in [1.54, 1.807) is 6.07 Å². The smallest absolute Gasteiger partial charge is 0.303 e. The van der Waals surface area contributed by atoms with Crippen molar-refractivity contribution < 1.29 is 19.4 Å². The zero-order valence-corrected chi connectivity index (χ0v) is 14.3. The monoisotopic (exact) mass is 351 g/mol. The van der Waals surface area contributed by atoms with Gasteiger partial charge in [-0.05, 0) is 55.4 Å². The number of piperidine rings is 1. The zero-order valence-electron chi connectivity index (χ0n) is 13.5. The minimum Gasteiger partial charge on any atom is -0.492 e. The Balaban J connectivity index is 1.61. The predicted molar refractivity (Wildman–Crippen MR) is 90.3 cm³/mol. The van der Waals surface area contributed by atoms with Crippen molar-refractivity contribution in [1.29, 1.82) is 0 Å². The number of carboxylic acid groups (broad SMARTS) is 1. The van der Waals surface area contributed by atoms with E-state index < -0.39 is 5.97 Å². The van der Waals surface area contributed by atoms with Crippen molar-refractivity contribution in [3.05, 3.63) is 28.8 Å². The Bertz CT molecular complexity index is 633. The summed E-state index contributed by atoms with van der Waals surface area (Å²) in [6.45, 7) is 1.80. The summed E-state index contributed by atoms with van der Waals surface area (Å²) in [5.74, 6) is 0.244. The molecule has 0 radical (unpaired) electrons. The molecule has 0 aliphatic carbocycles. The highest BCUT2D eigenvalue weighted by Gasteiger charge is 2.32. The number of benzene rings is 1. The van der Waals surface area contributed by atoms with Gasteiger partial charge in [-0.15, -0.1) is 0 Å². The lowest BCUT2D eigenvalue weighted by atomic mass is 9.90. The maximum atomic E-state index is 12.8. The topological polar surface area (TPSA) is 66.8 Å². The van der Waals surface area contributed by atoms with Gasteiger partial charge in [0.25, 0.3) is 0 Å². The van der Waals surface area contributed by atoms with Gasteiger partial charge in [-0.2, -0.15) is 0 Å². The average molecular weight is 352 g/mol. The lowest BCUT2D eigenvalue weighted by Gasteiger charge is -2.36. The van der Waals surface area contributed by atoms with Crippen LogP contribution in [0.2, 0.25) is 5.02 Å². The highest BCUT2D eigenvalue weighted by molar-refractivity contribution is 6.30. The fourth-order valence-electron chi connectivity index (χ4n) is 3.61. The van der Waals surface area contributed by atoms with E-state index in [0.29, 0.717) is 31.0 Å². The molecule has 2 unspecified atom stereocenters. The van der Waals surface area contributed by atoms with E-state index in [-0.39, 0.29) is 24.2 Å². The van der Waals surface area contributed by atoms with E-state index in [9.17, 15) is 9.59 Å². The lowest BCUT2D eigenvalue weighted by Crippen LogP contribution is -2.45. The Labute approximate surface area is 146 Å². The molecule has 2 heterocycles. The third-order valence-electron chi connectivity index (χ3n) is 4.88. The van der Waals surface area contributed by atoms with Crippen molar-refractivity contribution in [2.75, 3.05) is 19.7 Å². The van der Waals surface area contributed by atoms with Crippen LogP contribution in [0.5, 0.6) is 5.75 Å². The molecular formula is C18H22ClNO4. The van der Waals surface area contributed by atoms with Crippen LogP contribution < -0.4 is 4.74 Å². The number of carbonyl (C=O) groups is 2. The normalized spacial score (nSPS) is 23.3. The molecule has 5 nitrogen and oxygen atoms in total. The number of amides is 1. The van der Waals surface area contributed by atoms with Crippen molar-refractivity contribution >= 4 is 23.5 Å². The minimum atomic E-state index is -0.771. The number of ether oxygens (including phenoxy) is 1. The molecule has 1 fully saturated rings. The standard InChI is InChI=1S/C18H22ClNO4/c19-15-4-5-16-13(9-15)8-14(11-24-16)18(23)20-7-1-2-12(10-20)3-6-17(21)22/h4-5,9,12,14H,1-3,6-8,10-11H2,(H,21,22). The summed E-state index contributed by atoms with van der Waals surface area (Å²) in [6, 6.07) is 5.50. The van der Waals surface area contributed by atoms with Crippen LogP contribution in [0, 0.1) is 11.8 Å². The van der Waals surface area contributed by atoms with Crippen LogP contribution in [0.1, 0.15) is 31.2 Å². The van der Waals surface area contributed by atoms with Gasteiger partial charge in [-0.25, -0.2) is 0 Å². The van der Waals surface area contributed by atoms with E-state index in [4.69, 9.17) is 21.4 Å². The van der Waals surface area contributed by atoms with Crippen LogP contribution in [-0.4, -0.2) is 41.6 Å². The first-order valence-electron chi connectivity index (χ1n) is 8.44. The number of halogens is 1. The largest absolute Gasteiger partial charge is 0.492 e. The highest BCUT2D eigenvalue weighted by atomic mass is 35.5. The van der Waals surface area contributed by atoms with Gasteiger partial charge in [0.15, 0.2) is 0 Å². The summed E-state index contributed by atoms with van der Waals surface area (Å²) in [5, 5.41) is 9.48. The molecular weight excluding hydrogens is 330 g/mol. The Hall–Kier alpha value is -1.75. The molecule has 3 rings (SSSR count). The molecule has 130 valence electrons. The molecule has 1 amide bonds. The fourth-order valence-corrected chi connectivity index (χ4v) is 3.80. The third kappa shape index (κ3) is 4.01. The first kappa shape index (κ1) is 17.1. The Kier molecular flexibility index (Phi) is 5.29. The van der Waals surface area contributed by atoms with E-state index >= 15 is 0 Å². The van der Waals surface area contributed by atoms with Gasteiger partial charge in [0.1, 0.15) is 12.4 Å². The van der Waals surface area contributed by atoms with Gasteiger partial charge in [0.05, 0.1) is 5.92 Å². The van der Waals surface area contributed by atoms with Crippen molar-refractivity contribution in [3.63, 3.8) is 0 Å². The second-order valence-electron chi connectivity index (χ2n) is 6.69. The van der Waals surface area contributed by atoms with Gasteiger partial charge in [0.2, 0.25) is 5.91 Å². The van der Waals surface area contributed by atoms with E-state index in [2.05, 4.69) is 0 Å². The molecule has 1 aromatic rings. The molecule has 0 aromatic heterocycles. The summed E-state index contributed by atoms with van der Waals surface area (Å²) < 4.78 is 5.72. The first-order chi connectivity index (χ1) is 11.5. The van der Waals surface area contributed by atoms with E-state index in [0.717, 1.165) is 30.7 Å². The number of aliphatic carboxylic acids is 1. The number of likely N-dealkylation sites (tertiary alicyclic amines) is 1. The fraction of sp³-hybridized carbons (Fsp3) is 0.556. The summed E-state index contributed by atoms with van der Waals surface area (Å²) in [6.07, 6.45) is 3.39. The summed E-state index contributed by atoms with van der Waals surface area (Å²) in [7, 11) is 0. The molecule has 6 heteroatoms. The molecule has 1 aromatic carbocycles. The molecule has 0 saturated carbocycles. The number of hydrogen-bond donors (Lipinski definition) is 1. The summed E-state index contributed by atoms with van der Waals surface area (Å²) in [5.41, 5.74) is 0.978. The Morgan fingerprint density at radius 3 is 3.00 bits per heavy atom. The van der Waals surface area contributed by atoms with Crippen LogP contribution >= 0.6 is 11.6 Å². The molecule has 24 heavy (non-hydrogen) atoms. The van der Waals surface area contributed by atoms with Gasteiger partial charge >= 0.3 is 5.97 Å². The third-order valence-corrected chi connectivity index (χ3v) is 5.11. The molecule has 2 aliphatic rings.